The molecule has 2 aromatic carbocycles. The number of nitrogens with one attached hydrogen (secondary N) is 4. The number of hydrogen-bond acceptors (Lipinski definition) is 6. The minimum absolute atomic E-state index is 0.0390. The average molecular weight is 738 g/mol. The molecule has 2 aromatic heterocycles. The van der Waals surface area contributed by atoms with Crippen LogP contribution < -0.4 is 33.5 Å². The molecule has 1 fully saturated rings. The summed E-state index contributed by atoms with van der Waals surface area (Å²) >= 11 is 0. The molecule has 0 amide bonds. The molecule has 53 heavy (non-hydrogen) atoms. The van der Waals surface area contributed by atoms with E-state index in [0.29, 0.717) is 25.3 Å². The number of rotatable bonds is 10. The van der Waals surface area contributed by atoms with Crippen molar-refractivity contribution < 1.29 is 13.2 Å². The van der Waals surface area contributed by atoms with E-state index in [0.717, 1.165) is 40.9 Å². The van der Waals surface area contributed by atoms with Gasteiger partial charge >= 0.3 is 11.9 Å². The monoisotopic (exact) mass is 737 g/mol. The van der Waals surface area contributed by atoms with Crippen LogP contribution in [-0.2, 0) is 10.8 Å². The van der Waals surface area contributed by atoms with Crippen molar-refractivity contribution in [1.82, 2.24) is 30.1 Å². The minimum Gasteiger partial charge on any atom is -0.370 e. The fraction of sp³-hybridized carbons (Fsp3) is 0.474. The highest BCUT2D eigenvalue weighted by Crippen LogP contribution is 2.35. The second-order valence-electron chi connectivity index (χ2n) is 15.6. The maximum Gasteiger partial charge on any atom is 0.407 e. The number of guanidine groups is 2. The Bertz CT molecular complexity index is 1910. The van der Waals surface area contributed by atoms with Crippen LogP contribution in [0.2, 0.25) is 0 Å². The van der Waals surface area contributed by atoms with Crippen LogP contribution in [0.4, 0.5) is 13.2 Å². The van der Waals surface area contributed by atoms with Gasteiger partial charge in [0, 0.05) is 54.4 Å². The molecule has 1 saturated heterocycles. The lowest BCUT2D eigenvalue weighted by atomic mass is 9.86. The number of halogens is 3. The van der Waals surface area contributed by atoms with Gasteiger partial charge in [-0.3, -0.25) is 20.3 Å². The molecule has 12 nitrogen and oxygen atoms in total. The molecule has 10 N–H and O–H groups in total. The molecule has 4 aromatic rings. The van der Waals surface area contributed by atoms with Gasteiger partial charge < -0.3 is 32.4 Å². The Labute approximate surface area is 309 Å². The van der Waals surface area contributed by atoms with Crippen LogP contribution in [0.1, 0.15) is 89.4 Å². The molecule has 2 atom stereocenters. The second kappa shape index (κ2) is 16.4. The first-order valence-electron chi connectivity index (χ1n) is 17.7. The van der Waals surface area contributed by atoms with Crippen LogP contribution in [0.3, 0.4) is 0 Å². The Morgan fingerprint density at radius 2 is 1.58 bits per heavy atom. The van der Waals surface area contributed by atoms with Crippen molar-refractivity contribution in [2.45, 2.75) is 90.0 Å². The number of aliphatic imine (C=N–C) groups is 1. The van der Waals surface area contributed by atoms with Gasteiger partial charge in [0.1, 0.15) is 11.7 Å². The molecule has 0 spiro atoms. The van der Waals surface area contributed by atoms with E-state index in [2.05, 4.69) is 59.4 Å². The first-order valence-corrected chi connectivity index (χ1v) is 17.7. The zero-order chi connectivity index (χ0) is 39.3. The van der Waals surface area contributed by atoms with E-state index >= 15 is 0 Å². The zero-order valence-corrected chi connectivity index (χ0v) is 31.6. The van der Waals surface area contributed by atoms with Crippen LogP contribution in [0.15, 0.2) is 70.6 Å². The Kier molecular flexibility index (Phi) is 12.7. The number of fused-ring (bicyclic) bond motifs is 1. The molecule has 1 aliphatic rings. The van der Waals surface area contributed by atoms with Crippen molar-refractivity contribution >= 4 is 23.0 Å². The fourth-order valence-corrected chi connectivity index (χ4v) is 5.80. The summed E-state index contributed by atoms with van der Waals surface area (Å²) in [7, 11) is 0. The lowest BCUT2D eigenvalue weighted by Crippen LogP contribution is -2.62. The molecule has 3 heterocycles. The third kappa shape index (κ3) is 11.1. The van der Waals surface area contributed by atoms with Gasteiger partial charge in [0.05, 0.1) is 5.69 Å². The van der Waals surface area contributed by atoms with Crippen molar-refractivity contribution in [3.63, 3.8) is 0 Å². The Morgan fingerprint density at radius 3 is 2.11 bits per heavy atom. The lowest BCUT2D eigenvalue weighted by molar-refractivity contribution is -0.161. The van der Waals surface area contributed by atoms with Crippen LogP contribution >= 0.6 is 0 Å². The predicted octanol–water partition coefficient (Wildman–Crippen LogP) is 5.08. The summed E-state index contributed by atoms with van der Waals surface area (Å²) < 4.78 is 41.7. The van der Waals surface area contributed by atoms with Crippen molar-refractivity contribution in [3.8, 4) is 5.69 Å². The number of aromatic amines is 1. The van der Waals surface area contributed by atoms with Gasteiger partial charge in [-0.05, 0) is 60.2 Å². The molecular weight excluding hydrogens is 683 g/mol. The molecule has 15 heteroatoms. The van der Waals surface area contributed by atoms with Gasteiger partial charge in [0.25, 0.3) is 0 Å². The standard InChI is InChI=1S/C22H31N7O.C16H23F3N4/c1-14(25-10-5-11-26-20(23)24)15-6-8-17(9-7-15)29-13-16-12-18(22(2,3)4)27-19(16)28-21(29)30;1-15(2,3)11-6-4-10(5-7-11)13(16(17,18)19)22-12-8-23(9-12)14(20)21/h6-9,12-14,25H,5,10-11H2,1-4H3,(H4,23,24,26)(H,27,28,30);4-7,12-13,22H,8-9H2,1-3H3,(H3,20,21)/t14-;/m0./s1. The van der Waals surface area contributed by atoms with Crippen LogP contribution in [0.5, 0.6) is 0 Å². The largest absolute Gasteiger partial charge is 0.407 e. The van der Waals surface area contributed by atoms with Crippen molar-refractivity contribution in [2.24, 2.45) is 22.2 Å². The van der Waals surface area contributed by atoms with E-state index in [-0.39, 0.29) is 46.1 Å². The van der Waals surface area contributed by atoms with Gasteiger partial charge in [-0.1, -0.05) is 77.9 Å². The molecule has 0 radical (unpaired) electrons. The van der Waals surface area contributed by atoms with Crippen molar-refractivity contribution in [1.29, 1.82) is 5.41 Å². The van der Waals surface area contributed by atoms with Gasteiger partial charge in [-0.25, -0.2) is 4.79 Å². The molecule has 0 bridgehead atoms. The number of nitrogens with two attached hydrogens (primary N) is 3. The number of H-pyrrole nitrogens is 1. The highest BCUT2D eigenvalue weighted by molar-refractivity contribution is 5.76. The number of aromatic nitrogens is 3. The van der Waals surface area contributed by atoms with E-state index in [1.807, 2.05) is 51.2 Å². The summed E-state index contributed by atoms with van der Waals surface area (Å²) in [6, 6.07) is 14.7. The fourth-order valence-electron chi connectivity index (χ4n) is 5.80. The molecule has 5 rings (SSSR count). The smallest absolute Gasteiger partial charge is 0.370 e. The van der Waals surface area contributed by atoms with E-state index in [1.165, 1.54) is 17.0 Å². The molecule has 0 aliphatic carbocycles. The zero-order valence-electron chi connectivity index (χ0n) is 31.6. The topological polar surface area (TPSA) is 192 Å². The molecule has 1 unspecified atom stereocenters. The summed E-state index contributed by atoms with van der Waals surface area (Å²) in [4.78, 5) is 25.5. The quantitative estimate of drug-likeness (QED) is 0.0666. The van der Waals surface area contributed by atoms with Gasteiger partial charge in [-0.15, -0.1) is 0 Å². The summed E-state index contributed by atoms with van der Waals surface area (Å²) in [5, 5.41) is 14.2. The minimum atomic E-state index is -4.38. The van der Waals surface area contributed by atoms with E-state index < -0.39 is 12.2 Å². The number of nitrogens with zero attached hydrogens (tertiary/aromatic N) is 4. The predicted molar refractivity (Wildman–Crippen MR) is 206 cm³/mol. The first kappa shape index (κ1) is 40.9. The average Bonchev–Trinajstić information content (AvgIpc) is 3.46. The number of likely N-dealkylation sites (tertiary alicyclic amines) is 1. The Morgan fingerprint density at radius 1 is 0.981 bits per heavy atom. The normalized spacial score (nSPS) is 14.9. The molecule has 0 saturated carbocycles. The SMILES string of the molecule is CC(C)(C)c1ccc(C(NC2CN(C(=N)N)C2)C(F)(F)F)cc1.C[C@H](NCCCN=C(N)N)c1ccc(-n2cc3cc(C(C)(C)C)[nH]c3nc2=O)cc1. The summed E-state index contributed by atoms with van der Waals surface area (Å²) in [6.07, 6.45) is -1.68. The second-order valence-corrected chi connectivity index (χ2v) is 15.6. The Hall–Kier alpha value is -4.89. The maximum absolute atomic E-state index is 13.4. The summed E-state index contributed by atoms with van der Waals surface area (Å²) in [6.45, 7) is 16.6. The lowest BCUT2D eigenvalue weighted by Gasteiger charge is -2.42. The highest BCUT2D eigenvalue weighted by atomic mass is 19.4. The number of alkyl halides is 3. The van der Waals surface area contributed by atoms with Gasteiger partial charge in [0.2, 0.25) is 0 Å². The van der Waals surface area contributed by atoms with Gasteiger partial charge in [-0.2, -0.15) is 18.2 Å². The number of hydrogen-bond donors (Lipinski definition) is 7. The third-order valence-corrected chi connectivity index (χ3v) is 9.13. The third-order valence-electron chi connectivity index (χ3n) is 9.13. The van der Waals surface area contributed by atoms with Crippen molar-refractivity contribution in [2.75, 3.05) is 26.2 Å². The summed E-state index contributed by atoms with van der Waals surface area (Å²) in [5.41, 5.74) is 20.3. The van der Waals surface area contributed by atoms with Crippen LogP contribution in [0.25, 0.3) is 16.7 Å². The van der Waals surface area contributed by atoms with Crippen LogP contribution in [-0.4, -0.2) is 69.8 Å². The summed E-state index contributed by atoms with van der Waals surface area (Å²) in [5.74, 6) is 0.0111. The van der Waals surface area contributed by atoms with Crippen molar-refractivity contribution in [3.05, 3.63) is 93.7 Å². The molecular formula is C38H54F3N11O. The van der Waals surface area contributed by atoms with E-state index in [9.17, 15) is 18.0 Å². The Balaban J connectivity index is 0.000000245. The first-order chi connectivity index (χ1) is 24.6. The van der Waals surface area contributed by atoms with E-state index in [1.54, 1.807) is 16.7 Å². The molecule has 1 aliphatic heterocycles. The van der Waals surface area contributed by atoms with Gasteiger partial charge in [0.15, 0.2) is 11.9 Å². The van der Waals surface area contributed by atoms with Crippen LogP contribution in [0, 0.1) is 5.41 Å². The highest BCUT2D eigenvalue weighted by Gasteiger charge is 2.43. The number of benzene rings is 2. The van der Waals surface area contributed by atoms with E-state index in [4.69, 9.17) is 22.6 Å². The maximum atomic E-state index is 13.4. The molecule has 288 valence electrons.